The molecule has 3 heterocycles. The number of amides is 2. The minimum atomic E-state index is -0.967. The summed E-state index contributed by atoms with van der Waals surface area (Å²) in [6.45, 7) is 6.43. The van der Waals surface area contributed by atoms with Crippen LogP contribution in [0.1, 0.15) is 46.5 Å². The number of ether oxygens (including phenoxy) is 1. The lowest BCUT2D eigenvalue weighted by Gasteiger charge is -2.51. The first kappa shape index (κ1) is 16.6. The highest BCUT2D eigenvalue weighted by molar-refractivity contribution is 5.81. The maximum absolute atomic E-state index is 12.2. The number of piperidine rings is 2. The second-order valence-electron chi connectivity index (χ2n) is 6.96. The minimum absolute atomic E-state index is 0.0188. The molecule has 0 aromatic carbocycles. The van der Waals surface area contributed by atoms with E-state index < -0.39 is 11.6 Å². The molecule has 0 unspecified atom stereocenters. The number of carboxylic acid groups (broad SMARTS) is 1. The Balaban J connectivity index is 1.95. The third-order valence-electron chi connectivity index (χ3n) is 4.03. The zero-order chi connectivity index (χ0) is 16.5. The van der Waals surface area contributed by atoms with Crippen LogP contribution in [0.2, 0.25) is 0 Å². The van der Waals surface area contributed by atoms with E-state index in [0.29, 0.717) is 13.1 Å². The predicted octanol–water partition coefficient (Wildman–Crippen LogP) is 1.46. The summed E-state index contributed by atoms with van der Waals surface area (Å²) in [5.74, 6) is -1.10. The Labute approximate surface area is 130 Å². The van der Waals surface area contributed by atoms with Gasteiger partial charge in [-0.05, 0) is 33.6 Å². The largest absolute Gasteiger partial charge is 0.481 e. The summed E-state index contributed by atoms with van der Waals surface area (Å²) in [7, 11) is 0. The Morgan fingerprint density at radius 2 is 1.59 bits per heavy atom. The number of nitrogens with zero attached hydrogens (tertiary/aromatic N) is 2. The summed E-state index contributed by atoms with van der Waals surface area (Å²) in [6, 6.07) is -0.0626. The minimum Gasteiger partial charge on any atom is -0.481 e. The van der Waals surface area contributed by atoms with E-state index in [0.717, 1.165) is 12.8 Å². The van der Waals surface area contributed by atoms with Crippen LogP contribution in [0.3, 0.4) is 0 Å². The van der Waals surface area contributed by atoms with Crippen LogP contribution in [0.5, 0.6) is 0 Å². The molecule has 2 amide bonds. The van der Waals surface area contributed by atoms with E-state index in [1.165, 1.54) is 0 Å². The molecule has 0 radical (unpaired) electrons. The molecule has 3 aliphatic rings. The van der Waals surface area contributed by atoms with E-state index in [-0.39, 0.29) is 36.9 Å². The first-order chi connectivity index (χ1) is 10.2. The number of fused-ring (bicyclic) bond motifs is 3. The van der Waals surface area contributed by atoms with Gasteiger partial charge < -0.3 is 19.6 Å². The predicted molar refractivity (Wildman–Crippen MR) is 78.3 cm³/mol. The first-order valence-electron chi connectivity index (χ1n) is 7.68. The number of hydrogen-bond acceptors (Lipinski definition) is 4. The molecular weight excluding hydrogens is 288 g/mol. The highest BCUT2D eigenvalue weighted by Gasteiger charge is 2.43. The normalized spacial score (nSPS) is 24.3. The van der Waals surface area contributed by atoms with Crippen molar-refractivity contribution in [3.8, 4) is 0 Å². The average molecular weight is 312 g/mol. The van der Waals surface area contributed by atoms with Crippen molar-refractivity contribution < 1.29 is 24.2 Å². The number of aliphatic carboxylic acids is 1. The summed E-state index contributed by atoms with van der Waals surface area (Å²) in [6.07, 6.45) is 1.24. The molecule has 3 fully saturated rings. The van der Waals surface area contributed by atoms with Gasteiger partial charge in [-0.2, -0.15) is 0 Å². The van der Waals surface area contributed by atoms with Crippen LogP contribution in [-0.4, -0.2) is 63.7 Å². The van der Waals surface area contributed by atoms with Crippen molar-refractivity contribution >= 4 is 18.0 Å². The summed E-state index contributed by atoms with van der Waals surface area (Å²) >= 11 is 0. The average Bonchev–Trinajstić information content (AvgIpc) is 2.43. The van der Waals surface area contributed by atoms with E-state index in [1.54, 1.807) is 9.80 Å². The van der Waals surface area contributed by atoms with Crippen LogP contribution in [0.4, 0.5) is 4.79 Å². The molecular formula is C15H24N2O5. The number of carbonyl (C=O) groups is 3. The molecule has 7 nitrogen and oxygen atoms in total. The molecule has 0 aromatic rings. The van der Waals surface area contributed by atoms with E-state index in [4.69, 9.17) is 9.84 Å². The third kappa shape index (κ3) is 3.90. The van der Waals surface area contributed by atoms with Crippen molar-refractivity contribution in [2.45, 2.75) is 64.1 Å². The van der Waals surface area contributed by atoms with E-state index in [1.807, 2.05) is 20.8 Å². The first-order valence-corrected chi connectivity index (χ1v) is 7.68. The highest BCUT2D eigenvalue weighted by Crippen LogP contribution is 2.30. The van der Waals surface area contributed by atoms with Crippen molar-refractivity contribution in [1.82, 2.24) is 9.80 Å². The van der Waals surface area contributed by atoms with Crippen LogP contribution in [0, 0.1) is 0 Å². The molecule has 0 aromatic heterocycles. The van der Waals surface area contributed by atoms with Crippen LogP contribution in [-0.2, 0) is 14.3 Å². The lowest BCUT2D eigenvalue weighted by atomic mass is 9.90. The zero-order valence-corrected chi connectivity index (χ0v) is 13.4. The smallest absolute Gasteiger partial charge is 0.410 e. The second-order valence-corrected chi connectivity index (χ2v) is 6.96. The SMILES string of the molecule is CC(C)(C)OC(=O)N1C[C@H]2CC[C@@H]1CN2C(=O)CCC(=O)O. The van der Waals surface area contributed by atoms with Gasteiger partial charge in [-0.3, -0.25) is 9.59 Å². The van der Waals surface area contributed by atoms with Crippen molar-refractivity contribution in [2.75, 3.05) is 13.1 Å². The molecule has 22 heavy (non-hydrogen) atoms. The van der Waals surface area contributed by atoms with Crippen LogP contribution >= 0.6 is 0 Å². The number of carbonyl (C=O) groups excluding carboxylic acids is 2. The van der Waals surface area contributed by atoms with Gasteiger partial charge in [0.15, 0.2) is 0 Å². The summed E-state index contributed by atoms with van der Waals surface area (Å²) in [5, 5.41) is 8.68. The van der Waals surface area contributed by atoms with Gasteiger partial charge in [0.1, 0.15) is 5.60 Å². The summed E-state index contributed by atoms with van der Waals surface area (Å²) in [5.41, 5.74) is -0.537. The van der Waals surface area contributed by atoms with Gasteiger partial charge >= 0.3 is 12.1 Å². The maximum Gasteiger partial charge on any atom is 0.410 e. The molecule has 0 saturated carbocycles. The Morgan fingerprint density at radius 1 is 1.05 bits per heavy atom. The topological polar surface area (TPSA) is 87.2 Å². The fourth-order valence-corrected chi connectivity index (χ4v) is 3.04. The number of carboxylic acids is 1. The lowest BCUT2D eigenvalue weighted by Crippen LogP contribution is -2.65. The number of rotatable bonds is 3. The quantitative estimate of drug-likeness (QED) is 0.852. The maximum atomic E-state index is 12.2. The van der Waals surface area contributed by atoms with Crippen molar-refractivity contribution in [1.29, 1.82) is 0 Å². The Morgan fingerprint density at radius 3 is 2.05 bits per heavy atom. The molecule has 2 bridgehead atoms. The molecule has 2 atom stereocenters. The number of hydrogen-bond donors (Lipinski definition) is 1. The molecule has 0 spiro atoms. The fourth-order valence-electron chi connectivity index (χ4n) is 3.04. The monoisotopic (exact) mass is 312 g/mol. The van der Waals surface area contributed by atoms with Gasteiger partial charge in [-0.15, -0.1) is 0 Å². The van der Waals surface area contributed by atoms with Crippen LogP contribution < -0.4 is 0 Å². The van der Waals surface area contributed by atoms with E-state index >= 15 is 0 Å². The summed E-state index contributed by atoms with van der Waals surface area (Å²) in [4.78, 5) is 38.4. The van der Waals surface area contributed by atoms with Gasteiger partial charge in [0.05, 0.1) is 12.5 Å². The van der Waals surface area contributed by atoms with E-state index in [9.17, 15) is 14.4 Å². The standard InChI is InChI=1S/C15H24N2O5/c1-15(2,3)22-14(21)17-9-10-4-5-11(17)8-16(10)12(18)6-7-13(19)20/h10-11H,4-9H2,1-3H3,(H,19,20)/t10-,11-/m1/s1. The van der Waals surface area contributed by atoms with E-state index in [2.05, 4.69) is 0 Å². The van der Waals surface area contributed by atoms with Gasteiger partial charge in [0.25, 0.3) is 0 Å². The second kappa shape index (κ2) is 6.14. The lowest BCUT2D eigenvalue weighted by molar-refractivity contribution is -0.145. The van der Waals surface area contributed by atoms with Gasteiger partial charge in [-0.25, -0.2) is 4.79 Å². The van der Waals surface area contributed by atoms with Gasteiger partial charge in [0, 0.05) is 25.6 Å². The highest BCUT2D eigenvalue weighted by atomic mass is 16.6. The van der Waals surface area contributed by atoms with Crippen LogP contribution in [0.25, 0.3) is 0 Å². The fraction of sp³-hybridized carbons (Fsp3) is 0.800. The Bertz CT molecular complexity index is 471. The Kier molecular flexibility index (Phi) is 4.63. The number of piperazine rings is 1. The van der Waals surface area contributed by atoms with Crippen molar-refractivity contribution in [3.63, 3.8) is 0 Å². The van der Waals surface area contributed by atoms with Gasteiger partial charge in [0.2, 0.25) is 5.91 Å². The molecule has 1 N–H and O–H groups in total. The van der Waals surface area contributed by atoms with Crippen molar-refractivity contribution in [2.24, 2.45) is 0 Å². The third-order valence-corrected chi connectivity index (χ3v) is 4.03. The molecule has 3 saturated heterocycles. The van der Waals surface area contributed by atoms with Crippen molar-refractivity contribution in [3.05, 3.63) is 0 Å². The van der Waals surface area contributed by atoms with Gasteiger partial charge in [-0.1, -0.05) is 0 Å². The molecule has 0 aliphatic carbocycles. The molecule has 7 heteroatoms. The molecule has 124 valence electrons. The van der Waals surface area contributed by atoms with Crippen LogP contribution in [0.15, 0.2) is 0 Å². The zero-order valence-electron chi connectivity index (χ0n) is 13.4. The Hall–Kier alpha value is -1.79. The molecule has 3 rings (SSSR count). The summed E-state index contributed by atoms with van der Waals surface area (Å²) < 4.78 is 5.41. The molecule has 3 aliphatic heterocycles.